The van der Waals surface area contributed by atoms with Gasteiger partial charge in [-0.3, -0.25) is 4.98 Å². The van der Waals surface area contributed by atoms with E-state index >= 15 is 0 Å². The van der Waals surface area contributed by atoms with Crippen LogP contribution in [0.4, 0.5) is 0 Å². The predicted octanol–water partition coefficient (Wildman–Crippen LogP) is 3.16. The number of methoxy groups -OCH3 is 1. The third-order valence-corrected chi connectivity index (χ3v) is 3.94. The van der Waals surface area contributed by atoms with Crippen molar-refractivity contribution in [3.63, 3.8) is 0 Å². The molecule has 0 aromatic carbocycles. The molecule has 1 heterocycles. The summed E-state index contributed by atoms with van der Waals surface area (Å²) >= 11 is 0. The maximum absolute atomic E-state index is 6.19. The van der Waals surface area contributed by atoms with Gasteiger partial charge in [-0.15, -0.1) is 0 Å². The number of nitrogens with one attached hydrogen (secondary N) is 1. The maximum Gasteiger partial charge on any atom is 0.142 e. The van der Waals surface area contributed by atoms with Gasteiger partial charge in [-0.1, -0.05) is 13.8 Å². The van der Waals surface area contributed by atoms with Crippen molar-refractivity contribution in [2.75, 3.05) is 13.7 Å². The van der Waals surface area contributed by atoms with Crippen LogP contribution in [0.3, 0.4) is 0 Å². The molecular weight excluding hydrogens is 264 g/mol. The monoisotopic (exact) mass is 292 g/mol. The molecular formula is C17H28N2O2. The SMILES string of the molecule is COC1CCCC(Oc2cnccc2CNCC(C)C)C1. The van der Waals surface area contributed by atoms with E-state index in [9.17, 15) is 0 Å². The Labute approximate surface area is 128 Å². The van der Waals surface area contributed by atoms with Crippen LogP contribution >= 0.6 is 0 Å². The summed E-state index contributed by atoms with van der Waals surface area (Å²) < 4.78 is 11.7. The van der Waals surface area contributed by atoms with E-state index < -0.39 is 0 Å². The first-order chi connectivity index (χ1) is 10.2. The summed E-state index contributed by atoms with van der Waals surface area (Å²) in [5, 5.41) is 3.47. The van der Waals surface area contributed by atoms with E-state index in [1.807, 2.05) is 18.5 Å². The lowest BCUT2D eigenvalue weighted by Gasteiger charge is -2.29. The van der Waals surface area contributed by atoms with Gasteiger partial charge in [-0.2, -0.15) is 0 Å². The second-order valence-electron chi connectivity index (χ2n) is 6.27. The van der Waals surface area contributed by atoms with E-state index in [-0.39, 0.29) is 6.10 Å². The summed E-state index contributed by atoms with van der Waals surface area (Å²) in [5.74, 6) is 1.56. The number of nitrogens with zero attached hydrogens (tertiary/aromatic N) is 1. The Hall–Kier alpha value is -1.13. The van der Waals surface area contributed by atoms with Gasteiger partial charge in [0.25, 0.3) is 0 Å². The predicted molar refractivity (Wildman–Crippen MR) is 84.5 cm³/mol. The lowest BCUT2D eigenvalue weighted by Crippen LogP contribution is -2.30. The maximum atomic E-state index is 6.19. The first kappa shape index (κ1) is 16.2. The van der Waals surface area contributed by atoms with Crippen LogP contribution in [-0.2, 0) is 11.3 Å². The average Bonchev–Trinajstić information content (AvgIpc) is 2.49. The summed E-state index contributed by atoms with van der Waals surface area (Å²) in [6.45, 7) is 6.27. The Morgan fingerprint density at radius 2 is 2.14 bits per heavy atom. The van der Waals surface area contributed by atoms with Crippen LogP contribution in [0.25, 0.3) is 0 Å². The fourth-order valence-electron chi connectivity index (χ4n) is 2.76. The van der Waals surface area contributed by atoms with Crippen LogP contribution in [0.1, 0.15) is 45.1 Å². The molecule has 0 aliphatic heterocycles. The van der Waals surface area contributed by atoms with Crippen molar-refractivity contribution in [1.82, 2.24) is 10.3 Å². The molecule has 1 N–H and O–H groups in total. The van der Waals surface area contributed by atoms with E-state index in [2.05, 4.69) is 24.1 Å². The van der Waals surface area contributed by atoms with Crippen molar-refractivity contribution in [2.45, 2.75) is 58.3 Å². The van der Waals surface area contributed by atoms with Crippen LogP contribution < -0.4 is 10.1 Å². The van der Waals surface area contributed by atoms with Gasteiger partial charge in [0.2, 0.25) is 0 Å². The molecule has 0 amide bonds. The van der Waals surface area contributed by atoms with Crippen LogP contribution in [0, 0.1) is 5.92 Å². The zero-order chi connectivity index (χ0) is 15.1. The van der Waals surface area contributed by atoms with Crippen LogP contribution in [0.15, 0.2) is 18.5 Å². The highest BCUT2D eigenvalue weighted by molar-refractivity contribution is 5.30. The van der Waals surface area contributed by atoms with Crippen molar-refractivity contribution >= 4 is 0 Å². The summed E-state index contributed by atoms with van der Waals surface area (Å²) in [6, 6.07) is 2.04. The van der Waals surface area contributed by atoms with Gasteiger partial charge in [0, 0.05) is 31.8 Å². The minimum Gasteiger partial charge on any atom is -0.488 e. The molecule has 0 radical (unpaired) electrons. The van der Waals surface area contributed by atoms with E-state index in [1.54, 1.807) is 7.11 Å². The zero-order valence-corrected chi connectivity index (χ0v) is 13.5. The van der Waals surface area contributed by atoms with Gasteiger partial charge in [-0.25, -0.2) is 0 Å². The minimum absolute atomic E-state index is 0.247. The van der Waals surface area contributed by atoms with Crippen molar-refractivity contribution < 1.29 is 9.47 Å². The zero-order valence-electron chi connectivity index (χ0n) is 13.5. The summed E-state index contributed by atoms with van der Waals surface area (Å²) in [5.41, 5.74) is 1.19. The summed E-state index contributed by atoms with van der Waals surface area (Å²) in [4.78, 5) is 4.21. The highest BCUT2D eigenvalue weighted by Gasteiger charge is 2.23. The second kappa shape index (κ2) is 8.35. The minimum atomic E-state index is 0.247. The second-order valence-corrected chi connectivity index (χ2v) is 6.27. The third kappa shape index (κ3) is 5.29. The van der Waals surface area contributed by atoms with Gasteiger partial charge < -0.3 is 14.8 Å². The van der Waals surface area contributed by atoms with Gasteiger partial charge in [0.05, 0.1) is 12.3 Å². The van der Waals surface area contributed by atoms with Crippen molar-refractivity contribution in [3.8, 4) is 5.75 Å². The van der Waals surface area contributed by atoms with Crippen LogP contribution in [-0.4, -0.2) is 30.8 Å². The number of pyridine rings is 1. The summed E-state index contributed by atoms with van der Waals surface area (Å²) in [7, 11) is 1.79. The molecule has 21 heavy (non-hydrogen) atoms. The molecule has 1 fully saturated rings. The van der Waals surface area contributed by atoms with E-state index in [4.69, 9.17) is 9.47 Å². The van der Waals surface area contributed by atoms with Crippen molar-refractivity contribution in [1.29, 1.82) is 0 Å². The lowest BCUT2D eigenvalue weighted by molar-refractivity contribution is 0.0205. The molecule has 2 atom stereocenters. The van der Waals surface area contributed by atoms with E-state index in [0.717, 1.165) is 38.1 Å². The molecule has 1 aromatic rings. The highest BCUT2D eigenvalue weighted by atomic mass is 16.5. The molecule has 0 saturated heterocycles. The Morgan fingerprint density at radius 3 is 2.90 bits per heavy atom. The standard InChI is InChI=1S/C17H28N2O2/c1-13(2)10-19-11-14-7-8-18-12-17(14)21-16-6-4-5-15(9-16)20-3/h7-8,12-13,15-16,19H,4-6,9-11H2,1-3H3. The van der Waals surface area contributed by atoms with E-state index in [0.29, 0.717) is 12.0 Å². The Kier molecular flexibility index (Phi) is 6.46. The summed E-state index contributed by atoms with van der Waals surface area (Å²) in [6.07, 6.45) is 8.65. The molecule has 1 saturated carbocycles. The number of aromatic nitrogens is 1. The first-order valence-corrected chi connectivity index (χ1v) is 8.02. The molecule has 1 aliphatic rings. The Morgan fingerprint density at radius 1 is 1.33 bits per heavy atom. The van der Waals surface area contributed by atoms with Crippen LogP contribution in [0.5, 0.6) is 5.75 Å². The molecule has 0 spiro atoms. The van der Waals surface area contributed by atoms with Crippen LogP contribution in [0.2, 0.25) is 0 Å². The normalized spacial score (nSPS) is 22.5. The van der Waals surface area contributed by atoms with Crippen molar-refractivity contribution in [3.05, 3.63) is 24.0 Å². The number of rotatable bonds is 7. The van der Waals surface area contributed by atoms with Gasteiger partial charge in [0.15, 0.2) is 0 Å². The average molecular weight is 292 g/mol. The Bertz CT molecular complexity index is 423. The molecule has 0 bridgehead atoms. The van der Waals surface area contributed by atoms with Gasteiger partial charge in [0.1, 0.15) is 11.9 Å². The van der Waals surface area contributed by atoms with Gasteiger partial charge in [-0.05, 0) is 37.8 Å². The van der Waals surface area contributed by atoms with Crippen molar-refractivity contribution in [2.24, 2.45) is 5.92 Å². The first-order valence-electron chi connectivity index (χ1n) is 8.02. The smallest absolute Gasteiger partial charge is 0.142 e. The van der Waals surface area contributed by atoms with Gasteiger partial charge >= 0.3 is 0 Å². The molecule has 1 aromatic heterocycles. The largest absolute Gasteiger partial charge is 0.488 e. The van der Waals surface area contributed by atoms with E-state index in [1.165, 1.54) is 12.0 Å². The molecule has 2 rings (SSSR count). The molecule has 4 heteroatoms. The Balaban J connectivity index is 1.92. The molecule has 2 unspecified atom stereocenters. The molecule has 118 valence electrons. The molecule has 4 nitrogen and oxygen atoms in total. The fraction of sp³-hybridized carbons (Fsp3) is 0.706. The fourth-order valence-corrected chi connectivity index (χ4v) is 2.76. The molecule has 1 aliphatic carbocycles. The number of ether oxygens (including phenoxy) is 2. The topological polar surface area (TPSA) is 43.4 Å². The number of hydrogen-bond acceptors (Lipinski definition) is 4. The lowest BCUT2D eigenvalue weighted by atomic mass is 9.95. The quantitative estimate of drug-likeness (QED) is 0.838. The number of hydrogen-bond donors (Lipinski definition) is 1. The third-order valence-electron chi connectivity index (χ3n) is 3.94. The highest BCUT2D eigenvalue weighted by Crippen LogP contribution is 2.26.